The lowest BCUT2D eigenvalue weighted by Gasteiger charge is -2.24. The number of carbonyl (C=O) groups is 3. The number of anilines is 1. The van der Waals surface area contributed by atoms with E-state index in [0.717, 1.165) is 23.6 Å². The summed E-state index contributed by atoms with van der Waals surface area (Å²) in [6, 6.07) is 18.8. The predicted octanol–water partition coefficient (Wildman–Crippen LogP) is 3.72. The molecule has 194 valence electrons. The lowest BCUT2D eigenvalue weighted by Crippen LogP contribution is -2.46. The number of hydrogen-bond acceptors (Lipinski definition) is 5. The fourth-order valence-corrected chi connectivity index (χ4v) is 5.25. The molecule has 4 rings (SSSR count). The van der Waals surface area contributed by atoms with Gasteiger partial charge < -0.3 is 10.2 Å². The van der Waals surface area contributed by atoms with Crippen molar-refractivity contribution < 1.29 is 22.8 Å². The monoisotopic (exact) mass is 521 g/mol. The number of nitrogens with zero attached hydrogens (tertiary/aromatic N) is 1. The number of benzene rings is 3. The van der Waals surface area contributed by atoms with E-state index in [4.69, 9.17) is 0 Å². The maximum absolute atomic E-state index is 13.3. The highest BCUT2D eigenvalue weighted by molar-refractivity contribution is 7.90. The van der Waals surface area contributed by atoms with Crippen LogP contribution in [-0.4, -0.2) is 44.1 Å². The first-order valence-electron chi connectivity index (χ1n) is 12.5. The minimum atomic E-state index is -4.20. The summed E-state index contributed by atoms with van der Waals surface area (Å²) in [7, 11) is -4.20. The minimum absolute atomic E-state index is 0.0133. The third-order valence-electron chi connectivity index (χ3n) is 6.57. The topological polar surface area (TPSA) is 113 Å². The van der Waals surface area contributed by atoms with Crippen molar-refractivity contribution in [3.63, 3.8) is 0 Å². The lowest BCUT2D eigenvalue weighted by atomic mass is 9.97. The molecule has 0 heterocycles. The van der Waals surface area contributed by atoms with Gasteiger partial charge in [-0.05, 0) is 73.7 Å². The molecule has 8 nitrogen and oxygen atoms in total. The van der Waals surface area contributed by atoms with Crippen molar-refractivity contribution in [2.45, 2.75) is 38.0 Å². The van der Waals surface area contributed by atoms with Crippen LogP contribution in [0.4, 0.5) is 5.69 Å². The molecule has 0 aliphatic heterocycles. The van der Waals surface area contributed by atoms with E-state index in [1.807, 2.05) is 12.1 Å². The van der Waals surface area contributed by atoms with Crippen molar-refractivity contribution in [3.8, 4) is 0 Å². The molecule has 3 aromatic rings. The summed E-state index contributed by atoms with van der Waals surface area (Å²) in [4.78, 5) is 40.0. The summed E-state index contributed by atoms with van der Waals surface area (Å²) >= 11 is 0. The summed E-state index contributed by atoms with van der Waals surface area (Å²) in [6.45, 7) is 4.39. The van der Waals surface area contributed by atoms with E-state index in [9.17, 15) is 22.8 Å². The van der Waals surface area contributed by atoms with Crippen molar-refractivity contribution >= 4 is 44.2 Å². The van der Waals surface area contributed by atoms with Crippen LogP contribution in [0.15, 0.2) is 71.6 Å². The molecule has 1 atom stereocenters. The molecule has 0 radical (unpaired) electrons. The van der Waals surface area contributed by atoms with E-state index in [0.29, 0.717) is 24.3 Å². The van der Waals surface area contributed by atoms with Crippen molar-refractivity contribution in [1.82, 2.24) is 9.62 Å². The molecular weight excluding hydrogens is 490 g/mol. The smallest absolute Gasteiger partial charge is 0.264 e. The number of carbonyl (C=O) groups excluding carboxylic acids is 3. The van der Waals surface area contributed by atoms with Crippen molar-refractivity contribution in [1.29, 1.82) is 0 Å². The number of nitrogens with one attached hydrogen (secondary N) is 2. The zero-order chi connectivity index (χ0) is 26.6. The highest BCUT2D eigenvalue weighted by atomic mass is 32.2. The first-order valence-corrected chi connectivity index (χ1v) is 13.9. The van der Waals surface area contributed by atoms with Crippen LogP contribution in [0.5, 0.6) is 0 Å². The highest BCUT2D eigenvalue weighted by Gasteiger charge is 2.33. The van der Waals surface area contributed by atoms with Crippen LogP contribution < -0.4 is 10.0 Å². The van der Waals surface area contributed by atoms with E-state index in [1.54, 1.807) is 56.3 Å². The molecule has 3 amide bonds. The molecule has 3 aromatic carbocycles. The molecular formula is C28H31N3O5S. The van der Waals surface area contributed by atoms with Crippen molar-refractivity contribution in [2.75, 3.05) is 18.4 Å². The molecule has 1 aliphatic carbocycles. The quantitative estimate of drug-likeness (QED) is 0.395. The van der Waals surface area contributed by atoms with Gasteiger partial charge in [-0.2, -0.15) is 0 Å². The Balaban J connectivity index is 1.54. The van der Waals surface area contributed by atoms with Gasteiger partial charge in [0.2, 0.25) is 17.7 Å². The second-order valence-electron chi connectivity index (χ2n) is 9.21. The van der Waals surface area contributed by atoms with E-state index >= 15 is 0 Å². The number of hydrogen-bond donors (Lipinski definition) is 2. The Morgan fingerprint density at radius 3 is 2.19 bits per heavy atom. The van der Waals surface area contributed by atoms with Crippen molar-refractivity contribution in [3.05, 3.63) is 72.3 Å². The summed E-state index contributed by atoms with van der Waals surface area (Å²) in [6.07, 6.45) is 1.82. The minimum Gasteiger partial charge on any atom is -0.343 e. The van der Waals surface area contributed by atoms with E-state index in [1.165, 1.54) is 17.0 Å². The van der Waals surface area contributed by atoms with Crippen LogP contribution in [0, 0.1) is 11.8 Å². The molecule has 2 N–H and O–H groups in total. The second kappa shape index (κ2) is 11.1. The third kappa shape index (κ3) is 6.35. The summed E-state index contributed by atoms with van der Waals surface area (Å²) in [5.41, 5.74) is 1.31. The summed E-state index contributed by atoms with van der Waals surface area (Å²) in [5, 5.41) is 4.45. The van der Waals surface area contributed by atoms with Gasteiger partial charge in [0.1, 0.15) is 5.92 Å². The number of amides is 3. The van der Waals surface area contributed by atoms with Gasteiger partial charge in [0, 0.05) is 24.7 Å². The van der Waals surface area contributed by atoms with E-state index < -0.39 is 27.8 Å². The van der Waals surface area contributed by atoms with Gasteiger partial charge in [0.25, 0.3) is 10.0 Å². The molecule has 37 heavy (non-hydrogen) atoms. The normalized spacial score (nSPS) is 14.1. The average molecular weight is 522 g/mol. The van der Waals surface area contributed by atoms with Crippen LogP contribution >= 0.6 is 0 Å². The van der Waals surface area contributed by atoms with Gasteiger partial charge in [0.05, 0.1) is 4.90 Å². The molecule has 1 aliphatic rings. The lowest BCUT2D eigenvalue weighted by molar-refractivity contribution is -0.141. The highest BCUT2D eigenvalue weighted by Crippen LogP contribution is 2.30. The number of sulfonamides is 1. The van der Waals surface area contributed by atoms with Gasteiger partial charge >= 0.3 is 0 Å². The fourth-order valence-electron chi connectivity index (χ4n) is 4.19. The molecule has 9 heteroatoms. The zero-order valence-corrected chi connectivity index (χ0v) is 21.8. The number of rotatable bonds is 10. The van der Waals surface area contributed by atoms with Gasteiger partial charge in [-0.25, -0.2) is 13.1 Å². The second-order valence-corrected chi connectivity index (χ2v) is 10.9. The fraction of sp³-hybridized carbons (Fsp3) is 0.321. The zero-order valence-electron chi connectivity index (χ0n) is 20.9. The summed E-state index contributed by atoms with van der Waals surface area (Å²) < 4.78 is 28.3. The van der Waals surface area contributed by atoms with Gasteiger partial charge in [-0.3, -0.25) is 14.4 Å². The molecule has 0 aromatic heterocycles. The van der Waals surface area contributed by atoms with Crippen LogP contribution in [0.2, 0.25) is 0 Å². The van der Waals surface area contributed by atoms with Crippen molar-refractivity contribution in [2.24, 2.45) is 11.8 Å². The Labute approximate surface area is 217 Å². The predicted molar refractivity (Wildman–Crippen MR) is 142 cm³/mol. The van der Waals surface area contributed by atoms with Crippen LogP contribution in [0.1, 0.15) is 32.3 Å². The average Bonchev–Trinajstić information content (AvgIpc) is 3.74. The Morgan fingerprint density at radius 2 is 1.57 bits per heavy atom. The van der Waals surface area contributed by atoms with Crippen LogP contribution in [-0.2, 0) is 30.8 Å². The molecule has 1 fully saturated rings. The van der Waals surface area contributed by atoms with E-state index in [2.05, 4.69) is 10.0 Å². The summed E-state index contributed by atoms with van der Waals surface area (Å²) in [5.74, 6) is -2.50. The van der Waals surface area contributed by atoms with Gasteiger partial charge in [-0.15, -0.1) is 0 Å². The molecule has 1 unspecified atom stereocenters. The van der Waals surface area contributed by atoms with Gasteiger partial charge in [0.15, 0.2) is 0 Å². The number of fused-ring (bicyclic) bond motifs is 1. The first-order chi connectivity index (χ1) is 17.7. The van der Waals surface area contributed by atoms with Crippen LogP contribution in [0.3, 0.4) is 0 Å². The first kappa shape index (κ1) is 26.3. The molecule has 1 saturated carbocycles. The SMILES string of the molecule is CCN(CC)C(=O)C(Cc1ccc(NC(=O)C2CC2)cc1)C(=O)NS(=O)(=O)c1ccc2ccccc2c1. The maximum Gasteiger partial charge on any atom is 0.264 e. The molecule has 0 bridgehead atoms. The Morgan fingerprint density at radius 1 is 0.919 bits per heavy atom. The Hall–Kier alpha value is -3.72. The van der Waals surface area contributed by atoms with E-state index in [-0.39, 0.29) is 23.1 Å². The Bertz CT molecular complexity index is 1410. The molecule has 0 spiro atoms. The molecule has 0 saturated heterocycles. The van der Waals surface area contributed by atoms with Gasteiger partial charge in [-0.1, -0.05) is 42.5 Å². The third-order valence-corrected chi connectivity index (χ3v) is 7.91. The largest absolute Gasteiger partial charge is 0.343 e. The Kier molecular flexibility index (Phi) is 7.92. The maximum atomic E-state index is 13.3. The standard InChI is InChI=1S/C28H31N3O5S/c1-3-31(4-2)28(34)25(17-19-9-14-23(15-10-19)29-26(32)21-11-12-21)27(33)30-37(35,36)24-16-13-20-7-5-6-8-22(20)18-24/h5-10,13-16,18,21,25H,3-4,11-12,17H2,1-2H3,(H,29,32)(H,30,33). The van der Waals surface area contributed by atoms with Crippen LogP contribution in [0.25, 0.3) is 10.8 Å².